The number of hydrogen-bond acceptors (Lipinski definition) is 3. The maximum absolute atomic E-state index is 11.7. The molecule has 0 aromatic heterocycles. The second-order valence-corrected chi connectivity index (χ2v) is 4.98. The highest BCUT2D eigenvalue weighted by Crippen LogP contribution is 2.10. The molecule has 1 fully saturated rings. The first-order chi connectivity index (χ1) is 7.29. The summed E-state index contributed by atoms with van der Waals surface area (Å²) in [5.74, 6) is -0.0811. The molecule has 1 aliphatic heterocycles. The molecule has 1 N–H and O–H groups in total. The van der Waals surface area contributed by atoms with Crippen molar-refractivity contribution >= 4 is 11.8 Å². The Kier molecular flexibility index (Phi) is 3.91. The average Bonchev–Trinajstić information content (AvgIpc) is 2.49. The van der Waals surface area contributed by atoms with Gasteiger partial charge in [0.25, 0.3) is 0 Å². The van der Waals surface area contributed by atoms with E-state index < -0.39 is 5.60 Å². The number of rotatable bonds is 4. The molecule has 1 heterocycles. The normalized spacial score (nSPS) is 16.8. The Labute approximate surface area is 96.0 Å². The molecule has 92 valence electrons. The molecule has 2 amide bonds. The minimum atomic E-state index is -0.903. The summed E-state index contributed by atoms with van der Waals surface area (Å²) in [6, 6.07) is 0. The first-order valence-corrected chi connectivity index (χ1v) is 5.54. The van der Waals surface area contributed by atoms with Gasteiger partial charge in [0, 0.05) is 26.6 Å². The van der Waals surface area contributed by atoms with Crippen LogP contribution in [0.2, 0.25) is 0 Å². The predicted molar refractivity (Wildman–Crippen MR) is 59.7 cm³/mol. The Hall–Kier alpha value is -1.10. The van der Waals surface area contributed by atoms with Gasteiger partial charge in [-0.1, -0.05) is 0 Å². The summed E-state index contributed by atoms with van der Waals surface area (Å²) in [5.41, 5.74) is -0.903. The smallest absolute Gasteiger partial charge is 0.242 e. The van der Waals surface area contributed by atoms with Crippen LogP contribution in [0.25, 0.3) is 0 Å². The Balaban J connectivity index is 2.42. The van der Waals surface area contributed by atoms with Gasteiger partial charge in [-0.2, -0.15) is 0 Å². The third-order valence-corrected chi connectivity index (χ3v) is 2.55. The summed E-state index contributed by atoms with van der Waals surface area (Å²) in [6.45, 7) is 4.37. The van der Waals surface area contributed by atoms with Crippen LogP contribution >= 0.6 is 0 Å². The number of likely N-dealkylation sites (N-methyl/N-ethyl adjacent to an activating group) is 1. The fourth-order valence-corrected chi connectivity index (χ4v) is 1.82. The molecule has 16 heavy (non-hydrogen) atoms. The van der Waals surface area contributed by atoms with Crippen LogP contribution in [0.5, 0.6) is 0 Å². The number of likely N-dealkylation sites (tertiary alicyclic amines) is 1. The lowest BCUT2D eigenvalue weighted by Gasteiger charge is -2.27. The Morgan fingerprint density at radius 1 is 1.56 bits per heavy atom. The van der Waals surface area contributed by atoms with Crippen LogP contribution in [0, 0.1) is 0 Å². The fraction of sp³-hybridized carbons (Fsp3) is 0.818. The summed E-state index contributed by atoms with van der Waals surface area (Å²) in [5, 5.41) is 9.58. The lowest BCUT2D eigenvalue weighted by atomic mass is 10.1. The van der Waals surface area contributed by atoms with E-state index in [1.807, 2.05) is 0 Å². The summed E-state index contributed by atoms with van der Waals surface area (Å²) in [4.78, 5) is 26.1. The van der Waals surface area contributed by atoms with Crippen molar-refractivity contribution in [3.05, 3.63) is 0 Å². The van der Waals surface area contributed by atoms with E-state index in [9.17, 15) is 14.7 Å². The number of carbonyl (C=O) groups excluding carboxylic acids is 2. The molecule has 0 atom stereocenters. The molecule has 1 saturated heterocycles. The Morgan fingerprint density at radius 3 is 2.62 bits per heavy atom. The van der Waals surface area contributed by atoms with Gasteiger partial charge in [0.15, 0.2) is 0 Å². The van der Waals surface area contributed by atoms with E-state index in [4.69, 9.17) is 0 Å². The topological polar surface area (TPSA) is 60.9 Å². The highest BCUT2D eigenvalue weighted by Gasteiger charge is 2.25. The van der Waals surface area contributed by atoms with E-state index in [1.165, 1.54) is 4.90 Å². The van der Waals surface area contributed by atoms with E-state index in [1.54, 1.807) is 25.8 Å². The minimum absolute atomic E-state index is 0.0463. The molecule has 0 aromatic carbocycles. The molecule has 0 spiro atoms. The molecule has 0 unspecified atom stereocenters. The monoisotopic (exact) mass is 228 g/mol. The van der Waals surface area contributed by atoms with Crippen LogP contribution in [0.3, 0.4) is 0 Å². The molecule has 0 bridgehead atoms. The largest absolute Gasteiger partial charge is 0.389 e. The lowest BCUT2D eigenvalue weighted by Crippen LogP contribution is -2.44. The van der Waals surface area contributed by atoms with Crippen LogP contribution in [0.1, 0.15) is 26.7 Å². The number of amides is 2. The van der Waals surface area contributed by atoms with E-state index in [2.05, 4.69) is 0 Å². The van der Waals surface area contributed by atoms with E-state index in [0.29, 0.717) is 13.0 Å². The molecule has 0 aliphatic carbocycles. The van der Waals surface area contributed by atoms with Crippen molar-refractivity contribution in [1.29, 1.82) is 0 Å². The van der Waals surface area contributed by atoms with Crippen molar-refractivity contribution in [3.63, 3.8) is 0 Å². The quantitative estimate of drug-likeness (QED) is 0.727. The zero-order valence-electron chi connectivity index (χ0n) is 10.2. The number of nitrogens with zero attached hydrogens (tertiary/aromatic N) is 2. The van der Waals surface area contributed by atoms with Crippen molar-refractivity contribution in [2.24, 2.45) is 0 Å². The molecule has 5 heteroatoms. The summed E-state index contributed by atoms with van der Waals surface area (Å²) in [7, 11) is 1.64. The summed E-state index contributed by atoms with van der Waals surface area (Å²) < 4.78 is 0. The molecule has 0 saturated carbocycles. The second-order valence-electron chi connectivity index (χ2n) is 4.98. The number of hydrogen-bond donors (Lipinski definition) is 1. The maximum atomic E-state index is 11.7. The van der Waals surface area contributed by atoms with Crippen LogP contribution < -0.4 is 0 Å². The van der Waals surface area contributed by atoms with Crippen molar-refractivity contribution in [3.8, 4) is 0 Å². The van der Waals surface area contributed by atoms with Gasteiger partial charge in [0.05, 0.1) is 12.1 Å². The molecular weight excluding hydrogens is 208 g/mol. The van der Waals surface area contributed by atoms with E-state index in [0.717, 1.165) is 6.42 Å². The summed E-state index contributed by atoms with van der Waals surface area (Å²) in [6.07, 6.45) is 1.38. The van der Waals surface area contributed by atoms with Crippen molar-refractivity contribution in [2.75, 3.05) is 26.7 Å². The molecule has 1 aliphatic rings. The highest BCUT2D eigenvalue weighted by molar-refractivity contribution is 5.85. The minimum Gasteiger partial charge on any atom is -0.389 e. The molecular formula is C11H20N2O3. The van der Waals surface area contributed by atoms with Gasteiger partial charge in [-0.3, -0.25) is 9.59 Å². The van der Waals surface area contributed by atoms with Crippen LogP contribution in [0.4, 0.5) is 0 Å². The van der Waals surface area contributed by atoms with Crippen LogP contribution in [-0.2, 0) is 9.59 Å². The predicted octanol–water partition coefficient (Wildman–Crippen LogP) is -0.162. The average molecular weight is 228 g/mol. The van der Waals surface area contributed by atoms with Crippen molar-refractivity contribution in [2.45, 2.75) is 32.3 Å². The van der Waals surface area contributed by atoms with Gasteiger partial charge >= 0.3 is 0 Å². The van der Waals surface area contributed by atoms with Crippen molar-refractivity contribution < 1.29 is 14.7 Å². The zero-order chi connectivity index (χ0) is 12.3. The van der Waals surface area contributed by atoms with Gasteiger partial charge in [-0.05, 0) is 20.3 Å². The number of carbonyl (C=O) groups is 2. The fourth-order valence-electron chi connectivity index (χ4n) is 1.82. The van der Waals surface area contributed by atoms with Crippen molar-refractivity contribution in [1.82, 2.24) is 9.80 Å². The lowest BCUT2D eigenvalue weighted by molar-refractivity contribution is -0.139. The zero-order valence-corrected chi connectivity index (χ0v) is 10.2. The second kappa shape index (κ2) is 4.82. The number of aliphatic hydroxyl groups is 1. The van der Waals surface area contributed by atoms with Gasteiger partial charge in [0.2, 0.25) is 11.8 Å². The highest BCUT2D eigenvalue weighted by atomic mass is 16.3. The van der Waals surface area contributed by atoms with Gasteiger partial charge in [-0.25, -0.2) is 0 Å². The van der Waals surface area contributed by atoms with Crippen LogP contribution in [0.15, 0.2) is 0 Å². The Morgan fingerprint density at radius 2 is 2.19 bits per heavy atom. The maximum Gasteiger partial charge on any atom is 0.242 e. The van der Waals surface area contributed by atoms with Gasteiger partial charge in [-0.15, -0.1) is 0 Å². The summed E-state index contributed by atoms with van der Waals surface area (Å²) >= 11 is 0. The Bertz CT molecular complexity index is 283. The third kappa shape index (κ3) is 3.81. The first-order valence-electron chi connectivity index (χ1n) is 5.54. The first kappa shape index (κ1) is 13.0. The van der Waals surface area contributed by atoms with Crippen LogP contribution in [-0.4, -0.2) is 59.0 Å². The SMILES string of the molecule is CN(CC(C)(C)O)C(=O)CN1CCCC1=O. The van der Waals surface area contributed by atoms with E-state index >= 15 is 0 Å². The molecule has 0 aromatic rings. The van der Waals surface area contributed by atoms with E-state index in [-0.39, 0.29) is 24.9 Å². The molecule has 1 rings (SSSR count). The van der Waals surface area contributed by atoms with Gasteiger partial charge < -0.3 is 14.9 Å². The standard InChI is InChI=1S/C11H20N2O3/c1-11(2,16)8-12(3)10(15)7-13-6-4-5-9(13)14/h16H,4-8H2,1-3H3. The van der Waals surface area contributed by atoms with Gasteiger partial charge in [0.1, 0.15) is 0 Å². The molecule has 0 radical (unpaired) electrons. The molecule has 5 nitrogen and oxygen atoms in total. The third-order valence-electron chi connectivity index (χ3n) is 2.55.